The Kier molecular flexibility index (Phi) is 4.22. The van der Waals surface area contributed by atoms with Crippen molar-refractivity contribution in [3.63, 3.8) is 0 Å². The quantitative estimate of drug-likeness (QED) is 0.727. The third-order valence-corrected chi connectivity index (χ3v) is 4.69. The van der Waals surface area contributed by atoms with E-state index in [4.69, 9.17) is 0 Å². The van der Waals surface area contributed by atoms with Gasteiger partial charge in [-0.3, -0.25) is 5.10 Å². The van der Waals surface area contributed by atoms with Crippen molar-refractivity contribution in [2.45, 2.75) is 39.7 Å². The van der Waals surface area contributed by atoms with Crippen LogP contribution < -0.4 is 5.32 Å². The van der Waals surface area contributed by atoms with Gasteiger partial charge in [0.2, 0.25) is 0 Å². The number of nitrogens with one attached hydrogen (secondary N) is 2. The Morgan fingerprint density at radius 2 is 2.09 bits per heavy atom. The molecule has 0 aliphatic heterocycles. The van der Waals surface area contributed by atoms with Crippen molar-refractivity contribution < 1.29 is 0 Å². The van der Waals surface area contributed by atoms with Gasteiger partial charge in [0.05, 0.1) is 6.20 Å². The third-order valence-electron chi connectivity index (χ3n) is 3.68. The van der Waals surface area contributed by atoms with Gasteiger partial charge < -0.3 is 5.32 Å². The molecule has 23 heavy (non-hydrogen) atoms. The van der Waals surface area contributed by atoms with E-state index in [9.17, 15) is 0 Å². The summed E-state index contributed by atoms with van der Waals surface area (Å²) in [5.74, 6) is 0. The van der Waals surface area contributed by atoms with Crippen LogP contribution in [0.3, 0.4) is 0 Å². The zero-order valence-electron chi connectivity index (χ0n) is 14.0. The van der Waals surface area contributed by atoms with Crippen LogP contribution in [0, 0.1) is 6.92 Å². The monoisotopic (exact) mass is 326 g/mol. The summed E-state index contributed by atoms with van der Waals surface area (Å²) in [6.45, 7) is 9.35. The second-order valence-electron chi connectivity index (χ2n) is 6.75. The lowest BCUT2D eigenvalue weighted by Crippen LogP contribution is -2.15. The number of hydrogen-bond donors (Lipinski definition) is 2. The van der Waals surface area contributed by atoms with Crippen molar-refractivity contribution in [3.8, 4) is 10.6 Å². The molecule has 0 atom stereocenters. The maximum absolute atomic E-state index is 4.55. The molecule has 2 N–H and O–H groups in total. The molecule has 2 aromatic heterocycles. The Morgan fingerprint density at radius 1 is 1.26 bits per heavy atom. The fraction of sp³-hybridized carbons (Fsp3) is 0.333. The zero-order valence-corrected chi connectivity index (χ0v) is 14.8. The van der Waals surface area contributed by atoms with Crippen molar-refractivity contribution in [1.82, 2.24) is 15.2 Å². The first kappa shape index (κ1) is 15.7. The van der Waals surface area contributed by atoms with E-state index >= 15 is 0 Å². The van der Waals surface area contributed by atoms with Gasteiger partial charge in [0.1, 0.15) is 5.01 Å². The highest BCUT2D eigenvalue weighted by atomic mass is 32.1. The van der Waals surface area contributed by atoms with Crippen molar-refractivity contribution in [3.05, 3.63) is 52.8 Å². The summed E-state index contributed by atoms with van der Waals surface area (Å²) in [7, 11) is 0. The Labute approximate surface area is 141 Å². The van der Waals surface area contributed by atoms with Gasteiger partial charge in [-0.1, -0.05) is 32.9 Å². The highest BCUT2D eigenvalue weighted by Crippen LogP contribution is 2.27. The Morgan fingerprint density at radius 3 is 2.78 bits per heavy atom. The average molecular weight is 326 g/mol. The minimum absolute atomic E-state index is 0.0633. The molecule has 2 heterocycles. The molecule has 3 aromatic rings. The first-order valence-corrected chi connectivity index (χ1v) is 8.60. The van der Waals surface area contributed by atoms with Crippen molar-refractivity contribution in [2.75, 3.05) is 5.32 Å². The number of hydrogen-bond acceptors (Lipinski definition) is 4. The first-order valence-electron chi connectivity index (χ1n) is 7.72. The molecule has 0 saturated carbocycles. The van der Waals surface area contributed by atoms with Crippen LogP contribution in [0.1, 0.15) is 37.7 Å². The number of nitrogens with zero attached hydrogens (tertiary/aromatic N) is 2. The van der Waals surface area contributed by atoms with Crippen molar-refractivity contribution >= 4 is 17.0 Å². The molecule has 0 radical (unpaired) electrons. The van der Waals surface area contributed by atoms with Gasteiger partial charge in [0, 0.05) is 45.5 Å². The largest absolute Gasteiger partial charge is 0.381 e. The van der Waals surface area contributed by atoms with Gasteiger partial charge in [-0.2, -0.15) is 5.10 Å². The maximum atomic E-state index is 4.55. The minimum Gasteiger partial charge on any atom is -0.381 e. The number of aryl methyl sites for hydroxylation is 1. The van der Waals surface area contributed by atoms with Gasteiger partial charge in [-0.05, 0) is 19.1 Å². The van der Waals surface area contributed by atoms with Crippen LogP contribution in [0.4, 0.5) is 5.69 Å². The van der Waals surface area contributed by atoms with Crippen molar-refractivity contribution in [1.29, 1.82) is 0 Å². The third kappa shape index (κ3) is 3.62. The lowest BCUT2D eigenvalue weighted by molar-refractivity contribution is 0.561. The lowest BCUT2D eigenvalue weighted by Gasteiger charge is -2.18. The summed E-state index contributed by atoms with van der Waals surface area (Å²) >= 11 is 1.68. The lowest BCUT2D eigenvalue weighted by atomic mass is 9.89. The molecule has 0 amide bonds. The van der Waals surface area contributed by atoms with E-state index < -0.39 is 0 Å². The summed E-state index contributed by atoms with van der Waals surface area (Å²) in [6, 6.07) is 8.40. The molecule has 3 rings (SSSR count). The average Bonchev–Trinajstić information content (AvgIpc) is 3.13. The number of benzene rings is 1. The standard InChI is InChI=1S/C18H22N4S/c1-12-11-23-17(21-12)13-6-5-7-15(8-13)19-9-14-10-20-22-16(14)18(2,3)4/h5-8,10-11,19H,9H2,1-4H3,(H,20,22). The van der Waals surface area contributed by atoms with Crippen LogP contribution in [0.2, 0.25) is 0 Å². The maximum Gasteiger partial charge on any atom is 0.123 e. The normalized spacial score (nSPS) is 11.7. The van der Waals surface area contributed by atoms with E-state index in [1.165, 1.54) is 11.3 Å². The Hall–Kier alpha value is -2.14. The second-order valence-corrected chi connectivity index (χ2v) is 7.61. The first-order chi connectivity index (χ1) is 10.9. The van der Waals surface area contributed by atoms with E-state index in [1.54, 1.807) is 11.3 Å². The van der Waals surface area contributed by atoms with E-state index in [0.717, 1.165) is 28.5 Å². The molecule has 5 heteroatoms. The summed E-state index contributed by atoms with van der Waals surface area (Å²) < 4.78 is 0. The van der Waals surface area contributed by atoms with E-state index in [0.29, 0.717) is 0 Å². The molecular formula is C18H22N4S. The predicted octanol–water partition coefficient (Wildman–Crippen LogP) is 4.75. The SMILES string of the molecule is Cc1csc(-c2cccc(NCc3cn[nH]c3C(C)(C)C)c2)n1. The topological polar surface area (TPSA) is 53.6 Å². The van der Waals surface area contributed by atoms with Crippen LogP contribution >= 0.6 is 11.3 Å². The molecule has 0 fully saturated rings. The molecule has 1 aromatic carbocycles. The Bertz CT molecular complexity index is 795. The van der Waals surface area contributed by atoms with Gasteiger partial charge in [0.25, 0.3) is 0 Å². The van der Waals surface area contributed by atoms with Crippen LogP contribution in [-0.2, 0) is 12.0 Å². The molecule has 0 spiro atoms. The fourth-order valence-electron chi connectivity index (χ4n) is 2.54. The minimum atomic E-state index is 0.0633. The summed E-state index contributed by atoms with van der Waals surface area (Å²) in [4.78, 5) is 4.55. The van der Waals surface area contributed by atoms with Crippen LogP contribution in [0.15, 0.2) is 35.8 Å². The number of aromatic nitrogens is 3. The molecule has 120 valence electrons. The predicted molar refractivity (Wildman–Crippen MR) is 96.9 cm³/mol. The number of thiazole rings is 1. The zero-order chi connectivity index (χ0) is 16.4. The summed E-state index contributed by atoms with van der Waals surface area (Å²) in [5, 5.41) is 14.0. The van der Waals surface area contributed by atoms with Gasteiger partial charge >= 0.3 is 0 Å². The van der Waals surface area contributed by atoms with Crippen LogP contribution in [0.25, 0.3) is 10.6 Å². The smallest absolute Gasteiger partial charge is 0.123 e. The van der Waals surface area contributed by atoms with E-state index in [2.05, 4.69) is 70.9 Å². The molecule has 0 aliphatic carbocycles. The van der Waals surface area contributed by atoms with E-state index in [1.807, 2.05) is 13.1 Å². The van der Waals surface area contributed by atoms with Gasteiger partial charge in [-0.25, -0.2) is 4.98 Å². The molecule has 4 nitrogen and oxygen atoms in total. The Balaban J connectivity index is 1.76. The van der Waals surface area contributed by atoms with Gasteiger partial charge in [-0.15, -0.1) is 11.3 Å². The highest BCUT2D eigenvalue weighted by Gasteiger charge is 2.19. The fourth-order valence-corrected chi connectivity index (χ4v) is 3.34. The molecule has 0 aliphatic rings. The number of aromatic amines is 1. The van der Waals surface area contributed by atoms with Gasteiger partial charge in [0.15, 0.2) is 0 Å². The number of rotatable bonds is 4. The number of anilines is 1. The second kappa shape index (κ2) is 6.16. The summed E-state index contributed by atoms with van der Waals surface area (Å²) in [6.07, 6.45) is 1.90. The van der Waals surface area contributed by atoms with Crippen LogP contribution in [-0.4, -0.2) is 15.2 Å². The van der Waals surface area contributed by atoms with E-state index in [-0.39, 0.29) is 5.41 Å². The highest BCUT2D eigenvalue weighted by molar-refractivity contribution is 7.13. The number of H-pyrrole nitrogens is 1. The van der Waals surface area contributed by atoms with Crippen molar-refractivity contribution in [2.24, 2.45) is 0 Å². The molecule has 0 unspecified atom stereocenters. The molecule has 0 bridgehead atoms. The molecular weight excluding hydrogens is 304 g/mol. The summed E-state index contributed by atoms with van der Waals surface area (Å²) in [5.41, 5.74) is 5.75. The van der Waals surface area contributed by atoms with Crippen LogP contribution in [0.5, 0.6) is 0 Å². The molecule has 0 saturated heterocycles.